The molecule has 1 unspecified atom stereocenters. The Balaban J connectivity index is 2.48. The van der Waals surface area contributed by atoms with Crippen LogP contribution in [0.5, 0.6) is 0 Å². The summed E-state index contributed by atoms with van der Waals surface area (Å²) in [6, 6.07) is 16.8. The van der Waals surface area contributed by atoms with E-state index in [0.717, 1.165) is 5.56 Å². The van der Waals surface area contributed by atoms with Crippen LogP contribution in [0.2, 0.25) is 5.02 Å². The Morgan fingerprint density at radius 3 is 1.92 bits per heavy atom. The van der Waals surface area contributed by atoms with E-state index < -0.39 is 13.4 Å². The van der Waals surface area contributed by atoms with Crippen molar-refractivity contribution in [3.05, 3.63) is 65.2 Å². The molecular formula is C19H25ClNO3P. The fraction of sp³-hybridized carbons (Fsp3) is 0.368. The Bertz CT molecular complexity index is 708. The standard InChI is InChI=1S/C19H25ClNO3P/c1-14(2)23-25(22,24-15(3)4)19(16-10-6-5-7-11-16)21-18-13-9-8-12-17(18)20/h5-15,19,21H,1-4H3. The number of rotatable bonds is 8. The van der Waals surface area contributed by atoms with Gasteiger partial charge in [0.2, 0.25) is 0 Å². The third kappa shape index (κ3) is 5.58. The monoisotopic (exact) mass is 381 g/mol. The van der Waals surface area contributed by atoms with Crippen molar-refractivity contribution in [2.75, 3.05) is 5.32 Å². The molecule has 0 aromatic heterocycles. The molecule has 0 saturated heterocycles. The highest BCUT2D eigenvalue weighted by atomic mass is 35.5. The minimum Gasteiger partial charge on any atom is -0.367 e. The zero-order chi connectivity index (χ0) is 18.4. The van der Waals surface area contributed by atoms with Gasteiger partial charge >= 0.3 is 7.60 Å². The second-order valence-electron chi connectivity index (χ2n) is 6.29. The molecule has 1 N–H and O–H groups in total. The topological polar surface area (TPSA) is 47.6 Å². The average Bonchev–Trinajstić information content (AvgIpc) is 2.53. The van der Waals surface area contributed by atoms with Gasteiger partial charge in [-0.15, -0.1) is 0 Å². The van der Waals surface area contributed by atoms with Crippen molar-refractivity contribution in [3.8, 4) is 0 Å². The van der Waals surface area contributed by atoms with Crippen LogP contribution in [0.15, 0.2) is 54.6 Å². The minimum absolute atomic E-state index is 0.246. The number of hydrogen-bond acceptors (Lipinski definition) is 4. The molecule has 0 amide bonds. The van der Waals surface area contributed by atoms with E-state index in [0.29, 0.717) is 10.7 Å². The van der Waals surface area contributed by atoms with E-state index in [1.165, 1.54) is 0 Å². The maximum Gasteiger partial charge on any atom is 0.357 e. The van der Waals surface area contributed by atoms with E-state index in [1.807, 2.05) is 76.2 Å². The first-order chi connectivity index (χ1) is 11.8. The fourth-order valence-electron chi connectivity index (χ4n) is 2.44. The van der Waals surface area contributed by atoms with Crippen molar-refractivity contribution < 1.29 is 13.6 Å². The molecule has 2 rings (SSSR count). The molecule has 2 aromatic rings. The van der Waals surface area contributed by atoms with Gasteiger partial charge in [0.15, 0.2) is 5.78 Å². The summed E-state index contributed by atoms with van der Waals surface area (Å²) in [6.45, 7) is 7.36. The normalized spacial score (nSPS) is 13.2. The van der Waals surface area contributed by atoms with E-state index in [9.17, 15) is 4.57 Å². The van der Waals surface area contributed by atoms with Gasteiger partial charge in [0.1, 0.15) is 0 Å². The molecule has 0 aliphatic rings. The summed E-state index contributed by atoms with van der Waals surface area (Å²) in [5.41, 5.74) is 1.49. The summed E-state index contributed by atoms with van der Waals surface area (Å²) in [7, 11) is -3.52. The van der Waals surface area contributed by atoms with Crippen LogP contribution in [-0.2, 0) is 13.6 Å². The van der Waals surface area contributed by atoms with Crippen LogP contribution in [0.25, 0.3) is 0 Å². The Morgan fingerprint density at radius 1 is 0.880 bits per heavy atom. The molecule has 136 valence electrons. The molecule has 0 saturated carbocycles. The number of para-hydroxylation sites is 1. The second kappa shape index (κ2) is 8.86. The van der Waals surface area contributed by atoms with Crippen LogP contribution in [0, 0.1) is 0 Å². The van der Waals surface area contributed by atoms with E-state index in [2.05, 4.69) is 5.32 Å². The molecule has 2 aromatic carbocycles. The molecule has 6 heteroatoms. The van der Waals surface area contributed by atoms with Crippen LogP contribution in [0.3, 0.4) is 0 Å². The lowest BCUT2D eigenvalue weighted by molar-refractivity contribution is 0.138. The third-order valence-corrected chi connectivity index (χ3v) is 6.13. The number of benzene rings is 2. The molecule has 4 nitrogen and oxygen atoms in total. The molecule has 25 heavy (non-hydrogen) atoms. The highest BCUT2D eigenvalue weighted by molar-refractivity contribution is 7.54. The minimum atomic E-state index is -3.52. The van der Waals surface area contributed by atoms with Crippen LogP contribution in [0.4, 0.5) is 5.69 Å². The van der Waals surface area contributed by atoms with Gasteiger partial charge < -0.3 is 14.4 Å². The van der Waals surface area contributed by atoms with Crippen molar-refractivity contribution in [2.24, 2.45) is 0 Å². The molecule has 0 bridgehead atoms. The first-order valence-electron chi connectivity index (χ1n) is 8.34. The van der Waals surface area contributed by atoms with Gasteiger partial charge in [0.25, 0.3) is 0 Å². The molecule has 0 radical (unpaired) electrons. The Morgan fingerprint density at radius 2 is 1.40 bits per heavy atom. The maximum atomic E-state index is 13.7. The summed E-state index contributed by atoms with van der Waals surface area (Å²) < 4.78 is 25.3. The van der Waals surface area contributed by atoms with Gasteiger partial charge in [0.05, 0.1) is 22.9 Å². The van der Waals surface area contributed by atoms with Crippen molar-refractivity contribution in [3.63, 3.8) is 0 Å². The van der Waals surface area contributed by atoms with Gasteiger partial charge in [-0.2, -0.15) is 0 Å². The van der Waals surface area contributed by atoms with Crippen LogP contribution < -0.4 is 5.32 Å². The van der Waals surface area contributed by atoms with Crippen molar-refractivity contribution >= 4 is 24.9 Å². The highest BCUT2D eigenvalue weighted by Gasteiger charge is 2.39. The smallest absolute Gasteiger partial charge is 0.357 e. The van der Waals surface area contributed by atoms with Gasteiger partial charge in [-0.3, -0.25) is 4.57 Å². The van der Waals surface area contributed by atoms with Gasteiger partial charge in [-0.1, -0.05) is 54.1 Å². The molecular weight excluding hydrogens is 357 g/mol. The highest BCUT2D eigenvalue weighted by Crippen LogP contribution is 2.62. The van der Waals surface area contributed by atoms with E-state index in [-0.39, 0.29) is 12.2 Å². The number of nitrogens with one attached hydrogen (secondary N) is 1. The summed E-state index contributed by atoms with van der Waals surface area (Å²) >= 11 is 6.28. The largest absolute Gasteiger partial charge is 0.367 e. The van der Waals surface area contributed by atoms with E-state index in [1.54, 1.807) is 6.07 Å². The lowest BCUT2D eigenvalue weighted by Gasteiger charge is -2.31. The molecule has 0 fully saturated rings. The van der Waals surface area contributed by atoms with E-state index >= 15 is 0 Å². The average molecular weight is 382 g/mol. The summed E-state index contributed by atoms with van der Waals surface area (Å²) in [4.78, 5) is 0. The zero-order valence-electron chi connectivity index (χ0n) is 15.0. The number of halogens is 1. The quantitative estimate of drug-likeness (QED) is 0.530. The summed E-state index contributed by atoms with van der Waals surface area (Å²) in [5, 5.41) is 3.82. The number of anilines is 1. The summed E-state index contributed by atoms with van der Waals surface area (Å²) in [5.74, 6) is -0.668. The lowest BCUT2D eigenvalue weighted by atomic mass is 10.2. The Kier molecular flexibility index (Phi) is 7.09. The zero-order valence-corrected chi connectivity index (χ0v) is 16.6. The third-order valence-electron chi connectivity index (χ3n) is 3.31. The van der Waals surface area contributed by atoms with Gasteiger partial charge in [0, 0.05) is 0 Å². The summed E-state index contributed by atoms with van der Waals surface area (Å²) in [6.07, 6.45) is -0.493. The molecule has 0 aliphatic heterocycles. The maximum absolute atomic E-state index is 13.7. The van der Waals surface area contributed by atoms with Crippen LogP contribution in [-0.4, -0.2) is 12.2 Å². The number of hydrogen-bond donors (Lipinski definition) is 1. The van der Waals surface area contributed by atoms with Crippen molar-refractivity contribution in [1.29, 1.82) is 0 Å². The lowest BCUT2D eigenvalue weighted by Crippen LogP contribution is -2.19. The second-order valence-corrected chi connectivity index (χ2v) is 8.71. The Labute approximate surface area is 155 Å². The van der Waals surface area contributed by atoms with Gasteiger partial charge in [-0.05, 0) is 45.4 Å². The predicted molar refractivity (Wildman–Crippen MR) is 104 cm³/mol. The van der Waals surface area contributed by atoms with Gasteiger partial charge in [-0.25, -0.2) is 0 Å². The van der Waals surface area contributed by atoms with Crippen molar-refractivity contribution in [2.45, 2.75) is 45.7 Å². The SMILES string of the molecule is CC(C)OP(=O)(OC(C)C)C(Nc1ccccc1Cl)c1ccccc1. The first kappa shape index (κ1) is 20.0. The molecule has 1 atom stereocenters. The van der Waals surface area contributed by atoms with E-state index in [4.69, 9.17) is 20.6 Å². The van der Waals surface area contributed by atoms with Crippen LogP contribution in [0.1, 0.15) is 39.0 Å². The van der Waals surface area contributed by atoms with Crippen LogP contribution >= 0.6 is 19.2 Å². The predicted octanol–water partition coefficient (Wildman–Crippen LogP) is 6.49. The molecule has 0 spiro atoms. The molecule has 0 aliphatic carbocycles. The van der Waals surface area contributed by atoms with Crippen molar-refractivity contribution in [1.82, 2.24) is 0 Å². The molecule has 0 heterocycles. The Hall–Kier alpha value is -1.32. The fourth-order valence-corrected chi connectivity index (χ4v) is 4.93. The first-order valence-corrected chi connectivity index (χ1v) is 10.3.